The molecule has 0 unspecified atom stereocenters. The summed E-state index contributed by atoms with van der Waals surface area (Å²) in [7, 11) is 1.66. The molecule has 2 N–H and O–H groups in total. The quantitative estimate of drug-likeness (QED) is 0.263. The van der Waals surface area contributed by atoms with E-state index in [2.05, 4.69) is 25.0 Å². The Morgan fingerprint density at radius 3 is 2.76 bits per heavy atom. The molecule has 0 radical (unpaired) electrons. The molecule has 38 heavy (non-hydrogen) atoms. The fourth-order valence-electron chi connectivity index (χ4n) is 4.45. The zero-order valence-corrected chi connectivity index (χ0v) is 22.0. The Morgan fingerprint density at radius 1 is 1.21 bits per heavy atom. The van der Waals surface area contributed by atoms with Crippen molar-refractivity contribution < 1.29 is 13.7 Å². The number of aromatic nitrogens is 4. The molecule has 4 aromatic heterocycles. The van der Waals surface area contributed by atoms with Crippen molar-refractivity contribution in [3.05, 3.63) is 85.3 Å². The lowest BCUT2D eigenvalue weighted by molar-refractivity contribution is 0.187. The lowest BCUT2D eigenvalue weighted by atomic mass is 9.99. The summed E-state index contributed by atoms with van der Waals surface area (Å²) in [5, 5.41) is 7.87. The van der Waals surface area contributed by atoms with Crippen LogP contribution >= 0.6 is 11.6 Å². The predicted octanol–water partition coefficient (Wildman–Crippen LogP) is 5.09. The van der Waals surface area contributed by atoms with Crippen molar-refractivity contribution in [1.82, 2.24) is 19.7 Å². The van der Waals surface area contributed by atoms with E-state index in [0.717, 1.165) is 16.7 Å². The molecule has 0 aliphatic rings. The Balaban J connectivity index is 1.60. The van der Waals surface area contributed by atoms with Gasteiger partial charge in [-0.15, -0.1) is 0 Å². The molecule has 0 bridgehead atoms. The van der Waals surface area contributed by atoms with Gasteiger partial charge in [-0.3, -0.25) is 14.3 Å². The van der Waals surface area contributed by atoms with Crippen molar-refractivity contribution in [2.24, 2.45) is 0 Å². The number of H-pyrrole nitrogens is 1. The van der Waals surface area contributed by atoms with Crippen LogP contribution in [0, 0.1) is 13.8 Å². The number of aryl methyl sites for hydroxylation is 1. The summed E-state index contributed by atoms with van der Waals surface area (Å²) >= 11 is 6.12. The molecule has 0 aliphatic heterocycles. The average Bonchev–Trinajstić information content (AvgIpc) is 3.55. The number of benzene rings is 1. The summed E-state index contributed by atoms with van der Waals surface area (Å²) in [5.74, 6) is -0.0418. The number of ether oxygens (including phenoxy) is 1. The van der Waals surface area contributed by atoms with E-state index in [-0.39, 0.29) is 22.4 Å². The monoisotopic (exact) mass is 535 g/mol. The molecule has 1 atom stereocenters. The number of nitrogens with zero attached hydrogens (tertiary/aromatic N) is 3. The van der Waals surface area contributed by atoms with E-state index < -0.39 is 5.76 Å². The van der Waals surface area contributed by atoms with Crippen molar-refractivity contribution in [1.29, 1.82) is 0 Å². The highest BCUT2D eigenvalue weighted by atomic mass is 35.5. The minimum Gasteiger partial charge on any atom is -0.455 e. The Hall–Kier alpha value is -4.15. The first-order valence-electron chi connectivity index (χ1n) is 12.0. The van der Waals surface area contributed by atoms with Crippen LogP contribution in [0.2, 0.25) is 5.15 Å². The molecule has 5 rings (SSSR count). The van der Waals surface area contributed by atoms with Crippen molar-refractivity contribution in [2.45, 2.75) is 33.4 Å². The van der Waals surface area contributed by atoms with E-state index in [1.165, 1.54) is 0 Å². The first kappa shape index (κ1) is 25.5. The maximum atomic E-state index is 13.5. The van der Waals surface area contributed by atoms with Crippen LogP contribution in [0.5, 0.6) is 0 Å². The van der Waals surface area contributed by atoms with Gasteiger partial charge in [-0.25, -0.2) is 9.78 Å². The molecule has 4 heterocycles. The first-order chi connectivity index (χ1) is 18.2. The highest BCUT2D eigenvalue weighted by Gasteiger charge is 2.21. The van der Waals surface area contributed by atoms with Gasteiger partial charge in [0.15, 0.2) is 5.43 Å². The molecule has 1 aromatic carbocycles. The van der Waals surface area contributed by atoms with Crippen LogP contribution in [0.4, 0.5) is 5.69 Å². The molecule has 0 saturated carbocycles. The number of methoxy groups -OCH3 is 1. The van der Waals surface area contributed by atoms with Crippen molar-refractivity contribution in [2.75, 3.05) is 19.0 Å². The first-order valence-corrected chi connectivity index (χ1v) is 12.4. The van der Waals surface area contributed by atoms with E-state index >= 15 is 0 Å². The maximum absolute atomic E-state index is 13.5. The van der Waals surface area contributed by atoms with Crippen LogP contribution in [0.1, 0.15) is 29.7 Å². The normalized spacial score (nSPS) is 12.2. The van der Waals surface area contributed by atoms with Crippen LogP contribution in [0.3, 0.4) is 0 Å². The van der Waals surface area contributed by atoms with Gasteiger partial charge in [0.2, 0.25) is 5.82 Å². The fourth-order valence-corrected chi connectivity index (χ4v) is 4.60. The molecular weight excluding hydrogens is 510 g/mol. The number of halogens is 1. The number of fused-ring (bicyclic) bond motifs is 1. The largest absolute Gasteiger partial charge is 0.455 e. The summed E-state index contributed by atoms with van der Waals surface area (Å²) in [5.41, 5.74) is 4.34. The van der Waals surface area contributed by atoms with Gasteiger partial charge in [0.1, 0.15) is 22.2 Å². The summed E-state index contributed by atoms with van der Waals surface area (Å²) in [6, 6.07) is 8.78. The van der Waals surface area contributed by atoms with Gasteiger partial charge < -0.3 is 19.0 Å². The van der Waals surface area contributed by atoms with Gasteiger partial charge in [0.05, 0.1) is 23.7 Å². The zero-order chi connectivity index (χ0) is 27.0. The SMILES string of the molecule is COCCn1ccc(-c2oc3c([C@@H](C)Nc4ccc(Cl)nc4-c4noc(=O)[nH]4)cc(C)cc3c(=O)c2C)c1. The minimum atomic E-state index is -0.703. The van der Waals surface area contributed by atoms with Crippen LogP contribution in [0.25, 0.3) is 33.8 Å². The second-order valence-corrected chi connectivity index (χ2v) is 9.47. The molecule has 0 fully saturated rings. The number of anilines is 1. The molecule has 11 heteroatoms. The lowest BCUT2D eigenvalue weighted by Crippen LogP contribution is -2.13. The van der Waals surface area contributed by atoms with Crippen molar-refractivity contribution in [3.63, 3.8) is 0 Å². The van der Waals surface area contributed by atoms with Crippen molar-refractivity contribution >= 4 is 28.3 Å². The second-order valence-electron chi connectivity index (χ2n) is 9.09. The van der Waals surface area contributed by atoms with Crippen LogP contribution < -0.4 is 16.5 Å². The maximum Gasteiger partial charge on any atom is 0.439 e. The van der Waals surface area contributed by atoms with E-state index in [0.29, 0.717) is 46.8 Å². The number of pyridine rings is 1. The van der Waals surface area contributed by atoms with E-state index in [4.69, 9.17) is 20.8 Å². The average molecular weight is 536 g/mol. The standard InChI is InChI=1S/C27H26ClN5O5/c1-14-11-18(16(3)29-20-5-6-21(28)30-22(20)26-31-27(35)38-32-26)25-19(12-14)23(34)15(2)24(37-25)17-7-8-33(13-17)9-10-36-4/h5-8,11-13,16,29H,9-10H2,1-4H3,(H,31,32,35)/t16-/m1/s1. The number of rotatable bonds is 8. The van der Waals surface area contributed by atoms with E-state index in [1.807, 2.05) is 49.0 Å². The van der Waals surface area contributed by atoms with Crippen LogP contribution in [0.15, 0.2) is 61.3 Å². The van der Waals surface area contributed by atoms with Crippen molar-refractivity contribution in [3.8, 4) is 22.8 Å². The molecule has 0 amide bonds. The smallest absolute Gasteiger partial charge is 0.439 e. The number of nitrogens with one attached hydrogen (secondary N) is 2. The second kappa shape index (κ2) is 10.3. The molecule has 5 aromatic rings. The molecule has 196 valence electrons. The van der Waals surface area contributed by atoms with E-state index in [1.54, 1.807) is 26.2 Å². The van der Waals surface area contributed by atoms with Gasteiger partial charge in [-0.05, 0) is 50.6 Å². The van der Waals surface area contributed by atoms with Gasteiger partial charge in [0, 0.05) is 42.7 Å². The number of aromatic amines is 1. The molecule has 0 spiro atoms. The zero-order valence-electron chi connectivity index (χ0n) is 21.3. The van der Waals surface area contributed by atoms with Crippen LogP contribution in [-0.2, 0) is 11.3 Å². The fraction of sp³-hybridized carbons (Fsp3) is 0.259. The Labute approximate surface area is 222 Å². The highest BCUT2D eigenvalue weighted by Crippen LogP contribution is 2.34. The third kappa shape index (κ3) is 4.88. The molecular formula is C27H26ClN5O5. The van der Waals surface area contributed by atoms with Gasteiger partial charge in [0.25, 0.3) is 0 Å². The number of hydrogen-bond acceptors (Lipinski definition) is 8. The third-order valence-electron chi connectivity index (χ3n) is 6.32. The summed E-state index contributed by atoms with van der Waals surface area (Å²) in [6.07, 6.45) is 3.87. The Kier molecular flexibility index (Phi) is 6.92. The minimum absolute atomic E-state index is 0.0861. The topological polar surface area (TPSA) is 128 Å². The summed E-state index contributed by atoms with van der Waals surface area (Å²) in [4.78, 5) is 31.8. The third-order valence-corrected chi connectivity index (χ3v) is 6.53. The van der Waals surface area contributed by atoms with Gasteiger partial charge in [-0.1, -0.05) is 22.8 Å². The van der Waals surface area contributed by atoms with Gasteiger partial charge >= 0.3 is 5.76 Å². The summed E-state index contributed by atoms with van der Waals surface area (Å²) in [6.45, 7) is 6.92. The number of hydrogen-bond donors (Lipinski definition) is 2. The molecule has 10 nitrogen and oxygen atoms in total. The lowest BCUT2D eigenvalue weighted by Gasteiger charge is -2.19. The molecule has 0 saturated heterocycles. The van der Waals surface area contributed by atoms with Gasteiger partial charge in [-0.2, -0.15) is 0 Å². The van der Waals surface area contributed by atoms with E-state index in [9.17, 15) is 9.59 Å². The molecule has 0 aliphatic carbocycles. The predicted molar refractivity (Wildman–Crippen MR) is 145 cm³/mol. The highest BCUT2D eigenvalue weighted by molar-refractivity contribution is 6.29. The Bertz CT molecular complexity index is 1750. The summed E-state index contributed by atoms with van der Waals surface area (Å²) < 4.78 is 18.3. The van der Waals surface area contributed by atoms with Crippen LogP contribution in [-0.4, -0.2) is 33.4 Å². The Morgan fingerprint density at radius 2 is 2.03 bits per heavy atom.